The summed E-state index contributed by atoms with van der Waals surface area (Å²) in [7, 11) is 0. The van der Waals surface area contributed by atoms with Crippen LogP contribution in [0.25, 0.3) is 0 Å². The molecule has 3 rings (SSSR count). The topological polar surface area (TPSA) is 15.3 Å². The van der Waals surface area contributed by atoms with Crippen LogP contribution in [0.1, 0.15) is 32.3 Å². The van der Waals surface area contributed by atoms with Crippen molar-refractivity contribution in [3.05, 3.63) is 35.6 Å². The Morgan fingerprint density at radius 3 is 2.80 bits per heavy atom. The van der Waals surface area contributed by atoms with Gasteiger partial charge in [-0.3, -0.25) is 4.90 Å². The largest absolute Gasteiger partial charge is 0.311 e. The Hall–Kier alpha value is -0.930. The van der Waals surface area contributed by atoms with E-state index in [4.69, 9.17) is 0 Å². The lowest BCUT2D eigenvalue weighted by atomic mass is 9.96. The molecule has 2 unspecified atom stereocenters. The van der Waals surface area contributed by atoms with Crippen molar-refractivity contribution >= 4 is 0 Å². The summed E-state index contributed by atoms with van der Waals surface area (Å²) in [4.78, 5) is 2.55. The lowest BCUT2D eigenvalue weighted by molar-refractivity contribution is 0.0851. The van der Waals surface area contributed by atoms with E-state index in [1.165, 1.54) is 18.9 Å². The Labute approximate surface area is 121 Å². The highest BCUT2D eigenvalue weighted by molar-refractivity contribution is 5.16. The SMILES string of the molecule is CC(C)C1CNC(C2CC2)CN1Cc1cccc(F)c1. The molecular formula is C17H25FN2. The van der Waals surface area contributed by atoms with E-state index in [0.29, 0.717) is 18.0 Å². The number of piperazine rings is 1. The van der Waals surface area contributed by atoms with E-state index in [2.05, 4.69) is 24.1 Å². The lowest BCUT2D eigenvalue weighted by Gasteiger charge is -2.42. The molecule has 1 saturated heterocycles. The van der Waals surface area contributed by atoms with Gasteiger partial charge in [-0.15, -0.1) is 0 Å². The van der Waals surface area contributed by atoms with Crippen molar-refractivity contribution in [3.8, 4) is 0 Å². The third kappa shape index (κ3) is 3.21. The third-order valence-electron chi connectivity index (χ3n) is 4.72. The van der Waals surface area contributed by atoms with Gasteiger partial charge in [-0.1, -0.05) is 26.0 Å². The molecule has 2 aliphatic rings. The minimum Gasteiger partial charge on any atom is -0.311 e. The summed E-state index contributed by atoms with van der Waals surface area (Å²) in [6.45, 7) is 7.59. The van der Waals surface area contributed by atoms with Crippen molar-refractivity contribution < 1.29 is 4.39 Å². The Morgan fingerprint density at radius 2 is 2.15 bits per heavy atom. The monoisotopic (exact) mass is 276 g/mol. The number of rotatable bonds is 4. The molecule has 3 heteroatoms. The van der Waals surface area contributed by atoms with Gasteiger partial charge in [-0.2, -0.15) is 0 Å². The zero-order chi connectivity index (χ0) is 14.1. The molecule has 0 spiro atoms. The second-order valence-electron chi connectivity index (χ2n) is 6.72. The summed E-state index contributed by atoms with van der Waals surface area (Å²) in [5.74, 6) is 1.37. The van der Waals surface area contributed by atoms with E-state index >= 15 is 0 Å². The molecule has 1 aliphatic carbocycles. The molecule has 1 aliphatic heterocycles. The Morgan fingerprint density at radius 1 is 1.35 bits per heavy atom. The Bertz CT molecular complexity index is 456. The van der Waals surface area contributed by atoms with Gasteiger partial charge < -0.3 is 5.32 Å². The first-order chi connectivity index (χ1) is 9.63. The van der Waals surface area contributed by atoms with Gasteiger partial charge in [0.2, 0.25) is 0 Å². The molecule has 1 aromatic carbocycles. The molecule has 20 heavy (non-hydrogen) atoms. The van der Waals surface area contributed by atoms with Gasteiger partial charge in [0.15, 0.2) is 0 Å². The predicted molar refractivity (Wildman–Crippen MR) is 80.0 cm³/mol. The summed E-state index contributed by atoms with van der Waals surface area (Å²) in [6, 6.07) is 8.23. The van der Waals surface area contributed by atoms with Crippen LogP contribution in [0.15, 0.2) is 24.3 Å². The molecular weight excluding hydrogens is 251 g/mol. The van der Waals surface area contributed by atoms with Gasteiger partial charge in [-0.25, -0.2) is 4.39 Å². The molecule has 2 nitrogen and oxygen atoms in total. The van der Waals surface area contributed by atoms with Crippen molar-refractivity contribution in [1.29, 1.82) is 0 Å². The van der Waals surface area contributed by atoms with Crippen LogP contribution >= 0.6 is 0 Å². The van der Waals surface area contributed by atoms with Crippen LogP contribution in [-0.2, 0) is 6.54 Å². The third-order valence-corrected chi connectivity index (χ3v) is 4.72. The van der Waals surface area contributed by atoms with E-state index in [1.54, 1.807) is 6.07 Å². The minimum absolute atomic E-state index is 0.127. The normalized spacial score (nSPS) is 28.0. The number of hydrogen-bond donors (Lipinski definition) is 1. The van der Waals surface area contributed by atoms with Crippen LogP contribution in [0, 0.1) is 17.7 Å². The molecule has 1 N–H and O–H groups in total. The van der Waals surface area contributed by atoms with Gasteiger partial charge in [0.25, 0.3) is 0 Å². The van der Waals surface area contributed by atoms with E-state index in [0.717, 1.165) is 31.1 Å². The molecule has 0 amide bonds. The minimum atomic E-state index is -0.127. The highest BCUT2D eigenvalue weighted by Gasteiger charge is 2.37. The van der Waals surface area contributed by atoms with Crippen LogP contribution in [0.3, 0.4) is 0 Å². The number of nitrogens with one attached hydrogen (secondary N) is 1. The maximum absolute atomic E-state index is 13.4. The van der Waals surface area contributed by atoms with Gasteiger partial charge in [0.1, 0.15) is 5.82 Å². The molecule has 1 aromatic rings. The van der Waals surface area contributed by atoms with Gasteiger partial charge in [0, 0.05) is 31.7 Å². The van der Waals surface area contributed by atoms with Crippen LogP contribution in [-0.4, -0.2) is 30.1 Å². The van der Waals surface area contributed by atoms with Crippen LogP contribution < -0.4 is 5.32 Å². The molecule has 2 fully saturated rings. The summed E-state index contributed by atoms with van der Waals surface area (Å²) in [5, 5.41) is 3.72. The number of halogens is 1. The van der Waals surface area contributed by atoms with Crippen molar-refractivity contribution in [3.63, 3.8) is 0 Å². The molecule has 1 saturated carbocycles. The molecule has 0 aromatic heterocycles. The zero-order valence-corrected chi connectivity index (χ0v) is 12.5. The molecule has 110 valence electrons. The summed E-state index contributed by atoms with van der Waals surface area (Å²) < 4.78 is 13.4. The average Bonchev–Trinajstić information content (AvgIpc) is 3.22. The first-order valence-electron chi connectivity index (χ1n) is 7.85. The summed E-state index contributed by atoms with van der Waals surface area (Å²) >= 11 is 0. The van der Waals surface area contributed by atoms with Crippen molar-refractivity contribution in [2.24, 2.45) is 11.8 Å². The van der Waals surface area contributed by atoms with Gasteiger partial charge in [-0.05, 0) is 42.4 Å². The van der Waals surface area contributed by atoms with Crippen LogP contribution in [0.4, 0.5) is 4.39 Å². The molecule has 2 atom stereocenters. The van der Waals surface area contributed by atoms with E-state index in [1.807, 2.05) is 12.1 Å². The maximum Gasteiger partial charge on any atom is 0.123 e. The number of nitrogens with zero attached hydrogens (tertiary/aromatic N) is 1. The zero-order valence-electron chi connectivity index (χ0n) is 12.5. The smallest absolute Gasteiger partial charge is 0.123 e. The second kappa shape index (κ2) is 5.82. The Kier molecular flexibility index (Phi) is 4.08. The highest BCUT2D eigenvalue weighted by atomic mass is 19.1. The van der Waals surface area contributed by atoms with Crippen LogP contribution in [0.2, 0.25) is 0 Å². The molecule has 0 radical (unpaired) electrons. The lowest BCUT2D eigenvalue weighted by Crippen LogP contribution is -2.58. The first kappa shape index (κ1) is 14.0. The quantitative estimate of drug-likeness (QED) is 0.909. The van der Waals surface area contributed by atoms with E-state index in [9.17, 15) is 4.39 Å². The summed E-state index contributed by atoms with van der Waals surface area (Å²) in [6.07, 6.45) is 2.75. The average molecular weight is 276 g/mol. The number of benzene rings is 1. The fourth-order valence-electron chi connectivity index (χ4n) is 3.38. The Balaban J connectivity index is 1.71. The predicted octanol–water partition coefficient (Wildman–Crippen LogP) is 3.03. The number of hydrogen-bond acceptors (Lipinski definition) is 2. The maximum atomic E-state index is 13.4. The van der Waals surface area contributed by atoms with Crippen molar-refractivity contribution in [2.45, 2.75) is 45.3 Å². The molecule has 1 heterocycles. The molecule has 0 bridgehead atoms. The second-order valence-corrected chi connectivity index (χ2v) is 6.72. The van der Waals surface area contributed by atoms with E-state index < -0.39 is 0 Å². The first-order valence-corrected chi connectivity index (χ1v) is 7.85. The standard InChI is InChI=1S/C17H25FN2/c1-12(2)17-9-19-16(14-6-7-14)11-20(17)10-13-4-3-5-15(18)8-13/h3-5,8,12,14,16-17,19H,6-7,9-11H2,1-2H3. The van der Waals surface area contributed by atoms with Gasteiger partial charge in [0.05, 0.1) is 0 Å². The van der Waals surface area contributed by atoms with Crippen molar-refractivity contribution in [1.82, 2.24) is 10.2 Å². The fourth-order valence-corrected chi connectivity index (χ4v) is 3.38. The van der Waals surface area contributed by atoms with Crippen LogP contribution in [0.5, 0.6) is 0 Å². The fraction of sp³-hybridized carbons (Fsp3) is 0.647. The van der Waals surface area contributed by atoms with Crippen molar-refractivity contribution in [2.75, 3.05) is 13.1 Å². The van der Waals surface area contributed by atoms with Gasteiger partial charge >= 0.3 is 0 Å². The highest BCUT2D eigenvalue weighted by Crippen LogP contribution is 2.35. The van der Waals surface area contributed by atoms with E-state index in [-0.39, 0.29) is 5.82 Å². The summed E-state index contributed by atoms with van der Waals surface area (Å²) in [5.41, 5.74) is 1.09.